The molecule has 1 aromatic carbocycles. The van der Waals surface area contributed by atoms with E-state index in [-0.39, 0.29) is 5.56 Å². The van der Waals surface area contributed by atoms with Gasteiger partial charge in [0.15, 0.2) is 0 Å². The number of amides is 1. The first kappa shape index (κ1) is 14.3. The molecule has 7 heteroatoms. The first-order valence-electron chi connectivity index (χ1n) is 6.02. The average Bonchev–Trinajstić information content (AvgIpc) is 2.48. The molecule has 106 valence electrons. The maximum Gasteiger partial charge on any atom is 0.330 e. The molecule has 0 aliphatic rings. The molecule has 21 heavy (non-hydrogen) atoms. The molecule has 1 amide bonds. The number of benzene rings is 1. The standard InChI is InChI=1S/C14H12N4O3/c1-17-8-11(13(20)18(2)14(17)21)12(19)16-10-5-3-4-9(6-10)7-15/h3-6,8H,1-2H3,(H,16,19). The Hall–Kier alpha value is -3.14. The van der Waals surface area contributed by atoms with Gasteiger partial charge in [0, 0.05) is 26.0 Å². The summed E-state index contributed by atoms with van der Waals surface area (Å²) in [4.78, 5) is 35.6. The van der Waals surface area contributed by atoms with Crippen LogP contribution in [0.5, 0.6) is 0 Å². The lowest BCUT2D eigenvalue weighted by Gasteiger charge is -2.08. The van der Waals surface area contributed by atoms with Gasteiger partial charge in [-0.3, -0.25) is 14.2 Å². The minimum atomic E-state index is -0.674. The zero-order chi connectivity index (χ0) is 15.6. The summed E-state index contributed by atoms with van der Waals surface area (Å²) in [5.74, 6) is -0.638. The predicted octanol–water partition coefficient (Wildman–Crippen LogP) is 0.208. The van der Waals surface area contributed by atoms with E-state index < -0.39 is 17.2 Å². The van der Waals surface area contributed by atoms with Crippen molar-refractivity contribution in [3.63, 3.8) is 0 Å². The maximum absolute atomic E-state index is 12.1. The van der Waals surface area contributed by atoms with E-state index in [2.05, 4.69) is 5.32 Å². The molecule has 0 atom stereocenters. The lowest BCUT2D eigenvalue weighted by Crippen LogP contribution is -2.40. The first-order chi connectivity index (χ1) is 9.93. The topological polar surface area (TPSA) is 96.9 Å². The van der Waals surface area contributed by atoms with E-state index in [1.807, 2.05) is 6.07 Å². The number of carbonyl (C=O) groups excluding carboxylic acids is 1. The molecule has 2 aromatic rings. The number of nitrogens with zero attached hydrogens (tertiary/aromatic N) is 3. The molecule has 0 aliphatic heterocycles. The molecule has 0 aliphatic carbocycles. The monoisotopic (exact) mass is 284 g/mol. The molecule has 1 aromatic heterocycles. The fourth-order valence-corrected chi connectivity index (χ4v) is 1.83. The van der Waals surface area contributed by atoms with Gasteiger partial charge in [-0.1, -0.05) is 6.07 Å². The van der Waals surface area contributed by atoms with Crippen LogP contribution in [0.4, 0.5) is 5.69 Å². The lowest BCUT2D eigenvalue weighted by molar-refractivity contribution is 0.102. The highest BCUT2D eigenvalue weighted by Gasteiger charge is 2.14. The zero-order valence-electron chi connectivity index (χ0n) is 11.5. The van der Waals surface area contributed by atoms with Crippen molar-refractivity contribution in [2.45, 2.75) is 0 Å². The number of nitriles is 1. The van der Waals surface area contributed by atoms with Crippen LogP contribution in [-0.2, 0) is 14.1 Å². The van der Waals surface area contributed by atoms with E-state index in [1.165, 1.54) is 26.4 Å². The average molecular weight is 284 g/mol. The quantitative estimate of drug-likeness (QED) is 0.852. The molecule has 2 rings (SSSR count). The van der Waals surface area contributed by atoms with Gasteiger partial charge in [-0.25, -0.2) is 4.79 Å². The summed E-state index contributed by atoms with van der Waals surface area (Å²) in [7, 11) is 2.76. The fraction of sp³-hybridized carbons (Fsp3) is 0.143. The third-order valence-corrected chi connectivity index (χ3v) is 2.94. The van der Waals surface area contributed by atoms with E-state index in [1.54, 1.807) is 18.2 Å². The normalized spacial score (nSPS) is 9.95. The van der Waals surface area contributed by atoms with Crippen molar-refractivity contribution < 1.29 is 4.79 Å². The third kappa shape index (κ3) is 2.74. The van der Waals surface area contributed by atoms with Gasteiger partial charge in [0.1, 0.15) is 5.56 Å². The Labute approximate surface area is 119 Å². The molecule has 0 saturated heterocycles. The van der Waals surface area contributed by atoms with Gasteiger partial charge in [0.2, 0.25) is 0 Å². The molecular formula is C14H12N4O3. The number of rotatable bonds is 2. The first-order valence-corrected chi connectivity index (χ1v) is 6.02. The van der Waals surface area contributed by atoms with Crippen LogP contribution in [0.1, 0.15) is 15.9 Å². The predicted molar refractivity (Wildman–Crippen MR) is 76.0 cm³/mol. The Morgan fingerprint density at radius 3 is 2.67 bits per heavy atom. The summed E-state index contributed by atoms with van der Waals surface area (Å²) in [6, 6.07) is 8.26. The second-order valence-corrected chi connectivity index (χ2v) is 4.45. The van der Waals surface area contributed by atoms with Crippen LogP contribution in [0.25, 0.3) is 0 Å². The Bertz CT molecular complexity index is 871. The summed E-state index contributed by atoms with van der Waals surface area (Å²) in [5.41, 5.74) is -0.548. The second kappa shape index (κ2) is 5.46. The lowest BCUT2D eigenvalue weighted by atomic mass is 10.2. The van der Waals surface area contributed by atoms with Crippen molar-refractivity contribution >= 4 is 11.6 Å². The van der Waals surface area contributed by atoms with Gasteiger partial charge in [0.25, 0.3) is 11.5 Å². The fourth-order valence-electron chi connectivity index (χ4n) is 1.83. The van der Waals surface area contributed by atoms with Crippen LogP contribution >= 0.6 is 0 Å². The van der Waals surface area contributed by atoms with Crippen LogP contribution in [0, 0.1) is 11.3 Å². The molecule has 0 radical (unpaired) electrons. The van der Waals surface area contributed by atoms with Crippen molar-refractivity contribution in [1.82, 2.24) is 9.13 Å². The molecule has 1 N–H and O–H groups in total. The van der Waals surface area contributed by atoms with Crippen molar-refractivity contribution in [3.05, 3.63) is 62.4 Å². The number of hydrogen-bond donors (Lipinski definition) is 1. The van der Waals surface area contributed by atoms with Crippen molar-refractivity contribution in [3.8, 4) is 6.07 Å². The smallest absolute Gasteiger partial charge is 0.322 e. The van der Waals surface area contributed by atoms with E-state index in [0.717, 1.165) is 9.13 Å². The molecule has 0 fully saturated rings. The van der Waals surface area contributed by atoms with E-state index in [0.29, 0.717) is 11.3 Å². The van der Waals surface area contributed by atoms with Crippen LogP contribution in [0.3, 0.4) is 0 Å². The molecule has 7 nitrogen and oxygen atoms in total. The Kier molecular flexibility index (Phi) is 3.71. The maximum atomic E-state index is 12.1. The van der Waals surface area contributed by atoms with Crippen LogP contribution in [0.15, 0.2) is 40.1 Å². The van der Waals surface area contributed by atoms with E-state index in [4.69, 9.17) is 5.26 Å². The molecular weight excluding hydrogens is 272 g/mol. The highest BCUT2D eigenvalue weighted by Crippen LogP contribution is 2.10. The molecule has 0 unspecified atom stereocenters. The van der Waals surface area contributed by atoms with Gasteiger partial charge in [-0.2, -0.15) is 5.26 Å². The third-order valence-electron chi connectivity index (χ3n) is 2.94. The highest BCUT2D eigenvalue weighted by molar-refractivity contribution is 6.03. The van der Waals surface area contributed by atoms with Gasteiger partial charge >= 0.3 is 5.69 Å². The van der Waals surface area contributed by atoms with Crippen LogP contribution in [0.2, 0.25) is 0 Å². The number of anilines is 1. The zero-order valence-corrected chi connectivity index (χ0v) is 11.5. The molecule has 0 spiro atoms. The van der Waals surface area contributed by atoms with Gasteiger partial charge in [0.05, 0.1) is 11.6 Å². The summed E-state index contributed by atoms with van der Waals surface area (Å²) >= 11 is 0. The van der Waals surface area contributed by atoms with Crippen molar-refractivity contribution in [2.24, 2.45) is 14.1 Å². The number of aromatic nitrogens is 2. The minimum Gasteiger partial charge on any atom is -0.322 e. The van der Waals surface area contributed by atoms with E-state index >= 15 is 0 Å². The number of hydrogen-bond acceptors (Lipinski definition) is 4. The Morgan fingerprint density at radius 2 is 2.00 bits per heavy atom. The Balaban J connectivity index is 2.40. The van der Waals surface area contributed by atoms with Crippen LogP contribution in [-0.4, -0.2) is 15.0 Å². The Morgan fingerprint density at radius 1 is 1.29 bits per heavy atom. The van der Waals surface area contributed by atoms with Gasteiger partial charge in [-0.15, -0.1) is 0 Å². The summed E-state index contributed by atoms with van der Waals surface area (Å²) < 4.78 is 2.02. The summed E-state index contributed by atoms with van der Waals surface area (Å²) in [6.07, 6.45) is 1.19. The van der Waals surface area contributed by atoms with Crippen LogP contribution < -0.4 is 16.6 Å². The van der Waals surface area contributed by atoms with Gasteiger partial charge < -0.3 is 9.88 Å². The minimum absolute atomic E-state index is 0.151. The SMILES string of the molecule is Cn1cc(C(=O)Nc2cccc(C#N)c2)c(=O)n(C)c1=O. The molecule has 0 bridgehead atoms. The number of carbonyl (C=O) groups is 1. The molecule has 0 saturated carbocycles. The number of aryl methyl sites for hydroxylation is 1. The summed E-state index contributed by atoms with van der Waals surface area (Å²) in [6.45, 7) is 0. The van der Waals surface area contributed by atoms with Gasteiger partial charge in [-0.05, 0) is 18.2 Å². The second-order valence-electron chi connectivity index (χ2n) is 4.45. The summed E-state index contributed by atoms with van der Waals surface area (Å²) in [5, 5.41) is 11.3. The largest absolute Gasteiger partial charge is 0.330 e. The molecule has 1 heterocycles. The highest BCUT2D eigenvalue weighted by atomic mass is 16.2. The van der Waals surface area contributed by atoms with Crippen molar-refractivity contribution in [1.29, 1.82) is 5.26 Å². The number of nitrogens with one attached hydrogen (secondary N) is 1. The van der Waals surface area contributed by atoms with E-state index in [9.17, 15) is 14.4 Å². The van der Waals surface area contributed by atoms with Crippen molar-refractivity contribution in [2.75, 3.05) is 5.32 Å².